The summed E-state index contributed by atoms with van der Waals surface area (Å²) in [5.74, 6) is -0.00360. The zero-order valence-corrected chi connectivity index (χ0v) is 17.4. The molecule has 0 atom stereocenters. The van der Waals surface area contributed by atoms with Gasteiger partial charge in [-0.1, -0.05) is 18.2 Å². The van der Waals surface area contributed by atoms with Crippen molar-refractivity contribution >= 4 is 23.2 Å². The van der Waals surface area contributed by atoms with Crippen LogP contribution in [0.4, 0.5) is 0 Å². The lowest BCUT2D eigenvalue weighted by molar-refractivity contribution is 0.0698. The van der Waals surface area contributed by atoms with E-state index in [-0.39, 0.29) is 17.9 Å². The number of hydrogen-bond acceptors (Lipinski definition) is 4. The number of nitrogens with one attached hydrogen (secondary N) is 1. The Morgan fingerprint density at radius 1 is 1.14 bits per heavy atom. The van der Waals surface area contributed by atoms with Crippen molar-refractivity contribution in [2.75, 3.05) is 13.1 Å². The summed E-state index contributed by atoms with van der Waals surface area (Å²) in [6.45, 7) is 5.23. The molecule has 1 N–H and O–H groups in total. The summed E-state index contributed by atoms with van der Waals surface area (Å²) in [6.07, 6.45) is 3.29. The number of amides is 2. The molecule has 1 aliphatic heterocycles. The molecule has 1 aromatic carbocycles. The zero-order valence-electron chi connectivity index (χ0n) is 16.6. The summed E-state index contributed by atoms with van der Waals surface area (Å²) in [4.78, 5) is 31.7. The lowest BCUT2D eigenvalue weighted by Gasteiger charge is -2.32. The molecule has 150 valence electrons. The molecule has 0 aliphatic carbocycles. The highest BCUT2D eigenvalue weighted by atomic mass is 32.1. The monoisotopic (exact) mass is 408 g/mol. The fraction of sp³-hybridized carbons (Fsp3) is 0.318. The molecule has 0 unspecified atom stereocenters. The second-order valence-corrected chi connectivity index (χ2v) is 8.21. The van der Waals surface area contributed by atoms with Crippen molar-refractivity contribution in [1.82, 2.24) is 19.8 Å². The Morgan fingerprint density at radius 2 is 1.86 bits per heavy atom. The highest BCUT2D eigenvalue weighted by Gasteiger charge is 2.26. The number of likely N-dealkylation sites (tertiary alicyclic amines) is 1. The number of thiazole rings is 1. The minimum Gasteiger partial charge on any atom is -0.349 e. The van der Waals surface area contributed by atoms with Crippen molar-refractivity contribution < 1.29 is 9.59 Å². The van der Waals surface area contributed by atoms with E-state index in [0.717, 1.165) is 29.4 Å². The van der Waals surface area contributed by atoms with Gasteiger partial charge in [0, 0.05) is 47.7 Å². The van der Waals surface area contributed by atoms with Gasteiger partial charge in [0.1, 0.15) is 0 Å². The minimum atomic E-state index is -0.0613. The first-order valence-electron chi connectivity index (χ1n) is 9.78. The molecule has 0 spiro atoms. The van der Waals surface area contributed by atoms with Crippen LogP contribution in [0.2, 0.25) is 0 Å². The Labute approximate surface area is 174 Å². The van der Waals surface area contributed by atoms with E-state index >= 15 is 0 Å². The molecule has 1 saturated heterocycles. The third kappa shape index (κ3) is 3.96. The van der Waals surface area contributed by atoms with Crippen LogP contribution < -0.4 is 5.32 Å². The van der Waals surface area contributed by atoms with Crippen LogP contribution in [0.3, 0.4) is 0 Å². The molecule has 6 nitrogen and oxygen atoms in total. The van der Waals surface area contributed by atoms with Crippen LogP contribution in [0, 0.1) is 13.8 Å². The summed E-state index contributed by atoms with van der Waals surface area (Å²) in [5, 5.41) is 5.95. The molecule has 29 heavy (non-hydrogen) atoms. The van der Waals surface area contributed by atoms with Crippen LogP contribution >= 0.6 is 11.3 Å². The number of carbonyl (C=O) groups excluding carboxylic acids is 2. The molecule has 2 amide bonds. The Kier molecular flexibility index (Phi) is 5.49. The van der Waals surface area contributed by atoms with E-state index in [9.17, 15) is 9.59 Å². The molecule has 4 rings (SSSR count). The largest absolute Gasteiger partial charge is 0.349 e. The molecule has 7 heteroatoms. The Bertz CT molecular complexity index is 1000. The quantitative estimate of drug-likeness (QED) is 0.717. The molecule has 2 aromatic heterocycles. The summed E-state index contributed by atoms with van der Waals surface area (Å²) >= 11 is 1.55. The van der Waals surface area contributed by atoms with E-state index in [1.807, 2.05) is 65.1 Å². The van der Waals surface area contributed by atoms with E-state index in [1.165, 1.54) is 0 Å². The minimum absolute atomic E-state index is 0.0577. The first kappa shape index (κ1) is 19.4. The molecule has 3 heterocycles. The highest BCUT2D eigenvalue weighted by Crippen LogP contribution is 2.23. The van der Waals surface area contributed by atoms with Crippen molar-refractivity contribution in [2.24, 2.45) is 0 Å². The van der Waals surface area contributed by atoms with Gasteiger partial charge in [0.2, 0.25) is 0 Å². The average Bonchev–Trinajstić information content (AvgIpc) is 3.36. The topological polar surface area (TPSA) is 67.2 Å². The van der Waals surface area contributed by atoms with Crippen LogP contribution in [0.5, 0.6) is 0 Å². The fourth-order valence-electron chi connectivity index (χ4n) is 3.87. The summed E-state index contributed by atoms with van der Waals surface area (Å²) in [7, 11) is 0. The number of aromatic nitrogens is 2. The van der Waals surface area contributed by atoms with Gasteiger partial charge in [-0.2, -0.15) is 0 Å². The normalized spacial score (nSPS) is 14.8. The summed E-state index contributed by atoms with van der Waals surface area (Å²) < 4.78 is 2.01. The second-order valence-electron chi connectivity index (χ2n) is 7.34. The van der Waals surface area contributed by atoms with Crippen LogP contribution in [0.25, 0.3) is 5.13 Å². The predicted octanol–water partition coefficient (Wildman–Crippen LogP) is 3.59. The number of carbonyl (C=O) groups is 2. The maximum atomic E-state index is 12.9. The lowest BCUT2D eigenvalue weighted by atomic mass is 10.0. The number of aryl methyl sites for hydroxylation is 1. The Morgan fingerprint density at radius 3 is 2.52 bits per heavy atom. The van der Waals surface area contributed by atoms with E-state index in [1.54, 1.807) is 17.5 Å². The molecule has 1 aliphatic rings. The van der Waals surface area contributed by atoms with Gasteiger partial charge in [-0.05, 0) is 44.9 Å². The van der Waals surface area contributed by atoms with Gasteiger partial charge in [0.25, 0.3) is 11.8 Å². The smallest absolute Gasteiger partial charge is 0.253 e. The predicted molar refractivity (Wildman–Crippen MR) is 114 cm³/mol. The van der Waals surface area contributed by atoms with Crippen molar-refractivity contribution in [2.45, 2.75) is 32.7 Å². The van der Waals surface area contributed by atoms with Crippen molar-refractivity contribution in [3.63, 3.8) is 0 Å². The summed E-state index contributed by atoms with van der Waals surface area (Å²) in [6, 6.07) is 11.3. The van der Waals surface area contributed by atoms with Crippen LogP contribution in [-0.2, 0) is 0 Å². The van der Waals surface area contributed by atoms with Gasteiger partial charge < -0.3 is 10.2 Å². The van der Waals surface area contributed by atoms with E-state index in [0.29, 0.717) is 24.2 Å². The number of rotatable bonds is 4. The molecule has 3 aromatic rings. The average molecular weight is 409 g/mol. The number of nitrogens with zero attached hydrogens (tertiary/aromatic N) is 3. The first-order chi connectivity index (χ1) is 14.0. The number of benzene rings is 1. The third-order valence-electron chi connectivity index (χ3n) is 5.42. The number of hydrogen-bond donors (Lipinski definition) is 1. The highest BCUT2D eigenvalue weighted by molar-refractivity contribution is 7.12. The van der Waals surface area contributed by atoms with Gasteiger partial charge >= 0.3 is 0 Å². The van der Waals surface area contributed by atoms with Gasteiger partial charge in [-0.3, -0.25) is 14.2 Å². The third-order valence-corrected chi connectivity index (χ3v) is 6.18. The zero-order chi connectivity index (χ0) is 20.4. The van der Waals surface area contributed by atoms with Crippen LogP contribution in [0.15, 0.2) is 48.0 Å². The Balaban J connectivity index is 1.38. The van der Waals surface area contributed by atoms with E-state index in [2.05, 4.69) is 10.3 Å². The summed E-state index contributed by atoms with van der Waals surface area (Å²) in [5.41, 5.74) is 3.28. The van der Waals surface area contributed by atoms with Gasteiger partial charge in [-0.25, -0.2) is 4.98 Å². The molecule has 0 radical (unpaired) electrons. The molecule has 0 saturated carbocycles. The van der Waals surface area contributed by atoms with Gasteiger partial charge in [-0.15, -0.1) is 11.3 Å². The van der Waals surface area contributed by atoms with E-state index in [4.69, 9.17) is 0 Å². The first-order valence-corrected chi connectivity index (χ1v) is 10.7. The maximum absolute atomic E-state index is 12.9. The molecule has 1 fully saturated rings. The molecular formula is C22H24N4O2S. The van der Waals surface area contributed by atoms with E-state index < -0.39 is 0 Å². The van der Waals surface area contributed by atoms with Crippen LogP contribution in [0.1, 0.15) is 44.9 Å². The maximum Gasteiger partial charge on any atom is 0.253 e. The van der Waals surface area contributed by atoms with Crippen molar-refractivity contribution in [3.8, 4) is 5.13 Å². The van der Waals surface area contributed by atoms with Crippen molar-refractivity contribution in [3.05, 3.63) is 70.5 Å². The molecule has 0 bridgehead atoms. The molecular weight excluding hydrogens is 384 g/mol. The standard InChI is InChI=1S/C22H24N4O2S/c1-15-14-19(16(2)26(15)22-23-10-13-29-22)20(27)24-18-8-11-25(12-9-18)21(28)17-6-4-3-5-7-17/h3-7,10,13-14,18H,8-9,11-12H2,1-2H3,(H,24,27). The van der Waals surface area contributed by atoms with Crippen molar-refractivity contribution in [1.29, 1.82) is 0 Å². The number of piperidine rings is 1. The fourth-order valence-corrected chi connectivity index (χ4v) is 4.62. The SMILES string of the molecule is Cc1cc(C(=O)NC2CCN(C(=O)c3ccccc3)CC2)c(C)n1-c1nccs1. The van der Waals surface area contributed by atoms with Gasteiger partial charge in [0.15, 0.2) is 5.13 Å². The Hall–Kier alpha value is -2.93. The van der Waals surface area contributed by atoms with Crippen LogP contribution in [-0.4, -0.2) is 45.4 Å². The lowest BCUT2D eigenvalue weighted by Crippen LogP contribution is -2.46. The van der Waals surface area contributed by atoms with Gasteiger partial charge in [0.05, 0.1) is 5.56 Å². The second kappa shape index (κ2) is 8.21.